The van der Waals surface area contributed by atoms with Gasteiger partial charge in [-0.05, 0) is 35.0 Å². The quantitative estimate of drug-likeness (QED) is 0.586. The standard InChI is InChI=1S/C9H16O2S2/c1-7-3-2-4-8-6-13(10,11)12-5-9(7)8/h7-9H,2-6H2,1H3/t7-,8?,9?/m1/s1. The summed E-state index contributed by atoms with van der Waals surface area (Å²) in [5.74, 6) is 3.15. The van der Waals surface area contributed by atoms with Gasteiger partial charge in [-0.2, -0.15) is 0 Å². The van der Waals surface area contributed by atoms with Gasteiger partial charge in [0.2, 0.25) is 8.87 Å². The van der Waals surface area contributed by atoms with Gasteiger partial charge in [0.15, 0.2) is 0 Å². The van der Waals surface area contributed by atoms with E-state index in [1.807, 2.05) is 0 Å². The number of fused-ring (bicyclic) bond motifs is 1. The predicted molar refractivity (Wildman–Crippen MR) is 56.2 cm³/mol. The topological polar surface area (TPSA) is 34.1 Å². The Hall–Kier alpha value is 0.300. The van der Waals surface area contributed by atoms with Crippen LogP contribution in [0.25, 0.3) is 0 Å². The van der Waals surface area contributed by atoms with Gasteiger partial charge in [0, 0.05) is 5.75 Å². The Morgan fingerprint density at radius 3 is 2.85 bits per heavy atom. The normalized spacial score (nSPS) is 43.9. The summed E-state index contributed by atoms with van der Waals surface area (Å²) in [6.07, 6.45) is 3.65. The lowest BCUT2D eigenvalue weighted by Gasteiger charge is -2.38. The summed E-state index contributed by atoms with van der Waals surface area (Å²) < 4.78 is 22.8. The molecule has 1 saturated carbocycles. The van der Waals surface area contributed by atoms with Gasteiger partial charge in [0.1, 0.15) is 0 Å². The van der Waals surface area contributed by atoms with Crippen LogP contribution in [-0.2, 0) is 8.87 Å². The van der Waals surface area contributed by atoms with Crippen LogP contribution in [0.4, 0.5) is 0 Å². The average molecular weight is 220 g/mol. The Bertz CT molecular complexity index is 284. The zero-order valence-corrected chi connectivity index (χ0v) is 9.53. The van der Waals surface area contributed by atoms with Crippen molar-refractivity contribution < 1.29 is 8.42 Å². The van der Waals surface area contributed by atoms with E-state index >= 15 is 0 Å². The average Bonchev–Trinajstić information content (AvgIpc) is 2.02. The first kappa shape index (κ1) is 9.84. The smallest absolute Gasteiger partial charge is 0.201 e. The second kappa shape index (κ2) is 3.46. The Labute approximate surface area is 83.8 Å². The Morgan fingerprint density at radius 2 is 2.08 bits per heavy atom. The molecule has 1 aliphatic heterocycles. The van der Waals surface area contributed by atoms with E-state index in [0.717, 1.165) is 18.1 Å². The number of rotatable bonds is 0. The van der Waals surface area contributed by atoms with Crippen molar-refractivity contribution in [3.8, 4) is 0 Å². The molecule has 76 valence electrons. The molecule has 1 saturated heterocycles. The van der Waals surface area contributed by atoms with Gasteiger partial charge in [-0.25, -0.2) is 8.42 Å². The Morgan fingerprint density at radius 1 is 1.31 bits per heavy atom. The molecule has 4 heteroatoms. The number of hydrogen-bond donors (Lipinski definition) is 0. The van der Waals surface area contributed by atoms with Crippen LogP contribution in [0.2, 0.25) is 0 Å². The molecule has 1 heterocycles. The van der Waals surface area contributed by atoms with Crippen molar-refractivity contribution in [2.45, 2.75) is 26.2 Å². The molecule has 0 N–H and O–H groups in total. The first-order chi connectivity index (χ1) is 6.08. The fourth-order valence-electron chi connectivity index (χ4n) is 2.59. The van der Waals surface area contributed by atoms with E-state index in [4.69, 9.17) is 0 Å². The molecule has 0 aromatic rings. The highest BCUT2D eigenvalue weighted by atomic mass is 33.1. The van der Waals surface area contributed by atoms with Crippen LogP contribution in [0.5, 0.6) is 0 Å². The van der Waals surface area contributed by atoms with E-state index in [0.29, 0.717) is 17.6 Å². The van der Waals surface area contributed by atoms with Crippen LogP contribution in [0, 0.1) is 17.8 Å². The summed E-state index contributed by atoms with van der Waals surface area (Å²) in [6, 6.07) is 0. The molecule has 2 nitrogen and oxygen atoms in total. The zero-order valence-electron chi connectivity index (χ0n) is 7.90. The van der Waals surface area contributed by atoms with Gasteiger partial charge in [0.25, 0.3) is 0 Å². The molecule has 2 fully saturated rings. The van der Waals surface area contributed by atoms with Crippen molar-refractivity contribution in [3.63, 3.8) is 0 Å². The highest BCUT2D eigenvalue weighted by molar-refractivity contribution is 8.72. The number of hydrogen-bond acceptors (Lipinski definition) is 3. The van der Waals surface area contributed by atoms with Gasteiger partial charge in [0.05, 0.1) is 5.75 Å². The third kappa shape index (κ3) is 2.04. The lowest BCUT2D eigenvalue weighted by atomic mass is 9.74. The first-order valence-electron chi connectivity index (χ1n) is 4.95. The van der Waals surface area contributed by atoms with Crippen LogP contribution in [0.15, 0.2) is 0 Å². The van der Waals surface area contributed by atoms with E-state index in [9.17, 15) is 8.42 Å². The zero-order chi connectivity index (χ0) is 9.47. The minimum absolute atomic E-state index is 0.437. The molecular formula is C9H16O2S2. The molecule has 13 heavy (non-hydrogen) atoms. The summed E-state index contributed by atoms with van der Waals surface area (Å²) in [6.45, 7) is 2.27. The van der Waals surface area contributed by atoms with Crippen molar-refractivity contribution in [1.82, 2.24) is 0 Å². The van der Waals surface area contributed by atoms with Crippen molar-refractivity contribution in [2.75, 3.05) is 11.5 Å². The Kier molecular flexibility index (Phi) is 2.62. The van der Waals surface area contributed by atoms with Crippen molar-refractivity contribution in [2.24, 2.45) is 17.8 Å². The SMILES string of the molecule is C[C@@H]1CCCC2CS(=O)(=O)SCC21. The van der Waals surface area contributed by atoms with Crippen molar-refractivity contribution in [3.05, 3.63) is 0 Å². The minimum Gasteiger partial charge on any atom is -0.217 e. The lowest BCUT2D eigenvalue weighted by molar-refractivity contribution is 0.202. The highest BCUT2D eigenvalue weighted by Crippen LogP contribution is 2.42. The van der Waals surface area contributed by atoms with Crippen LogP contribution in [-0.4, -0.2) is 19.9 Å². The van der Waals surface area contributed by atoms with Gasteiger partial charge in [-0.1, -0.05) is 19.8 Å². The largest absolute Gasteiger partial charge is 0.217 e. The maximum atomic E-state index is 11.4. The molecule has 0 bridgehead atoms. The lowest BCUT2D eigenvalue weighted by Crippen LogP contribution is -2.36. The van der Waals surface area contributed by atoms with Crippen molar-refractivity contribution >= 4 is 19.7 Å². The Balaban J connectivity index is 2.12. The second-order valence-electron chi connectivity index (χ2n) is 4.34. The van der Waals surface area contributed by atoms with Crippen LogP contribution in [0.3, 0.4) is 0 Å². The predicted octanol–water partition coefficient (Wildman–Crippen LogP) is 2.12. The molecule has 1 aliphatic carbocycles. The van der Waals surface area contributed by atoms with Crippen LogP contribution >= 0.6 is 10.8 Å². The summed E-state index contributed by atoms with van der Waals surface area (Å²) in [7, 11) is -1.58. The molecule has 3 atom stereocenters. The summed E-state index contributed by atoms with van der Waals surface area (Å²) >= 11 is 0. The van der Waals surface area contributed by atoms with Gasteiger partial charge in [-0.15, -0.1) is 0 Å². The van der Waals surface area contributed by atoms with Gasteiger partial charge >= 0.3 is 0 Å². The van der Waals surface area contributed by atoms with Crippen LogP contribution < -0.4 is 0 Å². The minimum atomic E-state index is -2.76. The molecule has 0 amide bonds. The molecule has 0 aromatic carbocycles. The summed E-state index contributed by atoms with van der Waals surface area (Å²) in [4.78, 5) is 0. The molecular weight excluding hydrogens is 204 g/mol. The molecule has 0 aromatic heterocycles. The fraction of sp³-hybridized carbons (Fsp3) is 1.00. The molecule has 0 spiro atoms. The molecule has 0 radical (unpaired) electrons. The summed E-state index contributed by atoms with van der Waals surface area (Å²) in [5, 5.41) is 0. The molecule has 2 rings (SSSR count). The monoisotopic (exact) mass is 220 g/mol. The molecule has 2 aliphatic rings. The van der Waals surface area contributed by atoms with Gasteiger partial charge in [-0.3, -0.25) is 0 Å². The highest BCUT2D eigenvalue weighted by Gasteiger charge is 2.38. The second-order valence-corrected chi connectivity index (χ2v) is 8.59. The van der Waals surface area contributed by atoms with E-state index in [2.05, 4.69) is 6.92 Å². The van der Waals surface area contributed by atoms with E-state index in [-0.39, 0.29) is 0 Å². The molecule has 2 unspecified atom stereocenters. The van der Waals surface area contributed by atoms with E-state index < -0.39 is 8.87 Å². The third-order valence-corrected chi connectivity index (χ3v) is 7.04. The summed E-state index contributed by atoms with van der Waals surface area (Å²) in [5.41, 5.74) is 0. The van der Waals surface area contributed by atoms with E-state index in [1.165, 1.54) is 23.6 Å². The third-order valence-electron chi connectivity index (χ3n) is 3.43. The first-order valence-corrected chi connectivity index (χ1v) is 8.11. The maximum Gasteiger partial charge on any atom is 0.201 e. The van der Waals surface area contributed by atoms with Crippen LogP contribution in [0.1, 0.15) is 26.2 Å². The maximum absolute atomic E-state index is 11.4. The van der Waals surface area contributed by atoms with Gasteiger partial charge < -0.3 is 0 Å². The van der Waals surface area contributed by atoms with E-state index in [1.54, 1.807) is 0 Å². The van der Waals surface area contributed by atoms with Crippen molar-refractivity contribution in [1.29, 1.82) is 0 Å². The fourth-order valence-corrected chi connectivity index (χ4v) is 6.50.